The smallest absolute Gasteiger partial charge is 0.831 e. The Balaban J connectivity index is -0.0000000734. The summed E-state index contributed by atoms with van der Waals surface area (Å²) in [6.07, 6.45) is 3.76. The van der Waals surface area contributed by atoms with Crippen LogP contribution in [0.4, 0.5) is 0 Å². The van der Waals surface area contributed by atoms with E-state index in [-0.39, 0.29) is 26.1 Å². The first-order chi connectivity index (χ1) is 10.8. The Hall–Kier alpha value is 1.44. The third-order valence-electron chi connectivity index (χ3n) is 2.28. The normalized spacial score (nSPS) is 11.1. The predicted octanol–water partition coefficient (Wildman–Crippen LogP) is 2.45. The number of methoxy groups -OCH3 is 2. The van der Waals surface area contributed by atoms with Crippen molar-refractivity contribution in [3.05, 3.63) is 0 Å². The Morgan fingerprint density at radius 3 is 1.25 bits per heavy atom. The van der Waals surface area contributed by atoms with Crippen molar-refractivity contribution < 1.29 is 44.3 Å². The van der Waals surface area contributed by atoms with Crippen LogP contribution in [-0.2, 0) is 29.0 Å². The molecule has 0 aliphatic heterocycles. The number of aliphatic hydroxyl groups is 1. The molecular weight excluding hydrogens is 488 g/mol. The number of hydrogen-bond acceptors (Lipinski definition) is 6. The minimum absolute atomic E-state index is 0. The van der Waals surface area contributed by atoms with Crippen molar-refractivity contribution in [3.63, 3.8) is 0 Å². The summed E-state index contributed by atoms with van der Waals surface area (Å²) in [6.45, 7) is 9.33. The van der Waals surface area contributed by atoms with E-state index >= 15 is 0 Å². The molecule has 0 aromatic rings. The van der Waals surface area contributed by atoms with Crippen LogP contribution in [0, 0.1) is 0 Å². The number of aliphatic hydroxyl groups excluding tert-OH is 1. The Kier molecular flexibility index (Phi) is 53.9. The molecule has 0 aliphatic carbocycles. The fourth-order valence-electron chi connectivity index (χ4n) is 0.873. The molecule has 2 unspecified atom stereocenters. The van der Waals surface area contributed by atoms with Crippen LogP contribution in [0.25, 0.3) is 0 Å². The Morgan fingerprint density at radius 2 is 1.12 bits per heavy atom. The predicted molar refractivity (Wildman–Crippen MR) is 98.5 cm³/mol. The molecule has 0 aromatic carbocycles. The molecule has 0 saturated heterocycles. The minimum Gasteiger partial charge on any atom is -0.831 e. The number of hydrogen-bond donors (Lipinski definition) is 1. The van der Waals surface area contributed by atoms with E-state index in [1.807, 2.05) is 0 Å². The molecule has 0 aliphatic rings. The molecule has 5 nitrogen and oxygen atoms in total. The molecule has 1 N–H and O–H groups in total. The molecular formula is C16H38O5SSnZn. The van der Waals surface area contributed by atoms with Gasteiger partial charge in [0, 0.05) is 20.8 Å². The van der Waals surface area contributed by atoms with Crippen molar-refractivity contribution in [1.82, 2.24) is 0 Å². The largest absolute Gasteiger partial charge is 2.00 e. The van der Waals surface area contributed by atoms with Gasteiger partial charge in [-0.25, -0.2) is 0 Å². The van der Waals surface area contributed by atoms with Gasteiger partial charge in [-0.05, 0) is 19.5 Å². The van der Waals surface area contributed by atoms with Gasteiger partial charge in [0.25, 0.3) is 0 Å². The van der Waals surface area contributed by atoms with Crippen LogP contribution >= 0.6 is 9.29 Å². The maximum absolute atomic E-state index is 9.67. The third kappa shape index (κ3) is 65.3. The molecule has 0 heterocycles. The van der Waals surface area contributed by atoms with Gasteiger partial charge in [-0.3, -0.25) is 0 Å². The van der Waals surface area contributed by atoms with E-state index in [0.29, 0.717) is 0 Å². The fraction of sp³-hybridized carbons (Fsp3) is 1.00. The first kappa shape index (κ1) is 36.4. The molecule has 24 heavy (non-hydrogen) atoms. The molecule has 0 fully saturated rings. The summed E-state index contributed by atoms with van der Waals surface area (Å²) in [5, 5.41) is 26.9. The average Bonchev–Trinajstić information content (AvgIpc) is 2.52. The summed E-state index contributed by atoms with van der Waals surface area (Å²) in [6, 6.07) is 0. The van der Waals surface area contributed by atoms with Crippen LogP contribution < -0.4 is 10.2 Å². The van der Waals surface area contributed by atoms with Crippen molar-refractivity contribution in [3.8, 4) is 0 Å². The summed E-state index contributed by atoms with van der Waals surface area (Å²) < 4.78 is 11.3. The van der Waals surface area contributed by atoms with Gasteiger partial charge in [0.15, 0.2) is 0 Å². The molecule has 0 saturated carbocycles. The number of ether oxygens (including phenoxy) is 2. The second-order valence-electron chi connectivity index (χ2n) is 4.67. The first-order valence-corrected chi connectivity index (χ1v) is 16.2. The van der Waals surface area contributed by atoms with Gasteiger partial charge >= 0.3 is 95.0 Å². The summed E-state index contributed by atoms with van der Waals surface area (Å²) in [4.78, 5) is 0. The maximum Gasteiger partial charge on any atom is 2.00 e. The fourth-order valence-corrected chi connectivity index (χ4v) is 7.79. The zero-order valence-corrected chi connectivity index (χ0v) is 23.4. The molecule has 0 spiro atoms. The van der Waals surface area contributed by atoms with Gasteiger partial charge in [0.2, 0.25) is 0 Å². The topological polar surface area (TPSA) is 84.8 Å². The summed E-state index contributed by atoms with van der Waals surface area (Å²) in [5.41, 5.74) is 0. The first-order valence-electron chi connectivity index (χ1n) is 8.26. The van der Waals surface area contributed by atoms with Crippen molar-refractivity contribution in [2.24, 2.45) is 0 Å². The van der Waals surface area contributed by atoms with Crippen molar-refractivity contribution in [2.45, 2.75) is 81.8 Å². The van der Waals surface area contributed by atoms with Gasteiger partial charge in [0.05, 0.1) is 0 Å². The van der Waals surface area contributed by atoms with Crippen LogP contribution in [-0.4, -0.2) is 56.3 Å². The van der Waals surface area contributed by atoms with Gasteiger partial charge in [0.1, 0.15) is 0 Å². The van der Waals surface area contributed by atoms with E-state index in [1.165, 1.54) is 62.6 Å². The summed E-state index contributed by atoms with van der Waals surface area (Å²) in [5.74, 6) is 0. The zero-order valence-electron chi connectivity index (χ0n) is 16.8. The van der Waals surface area contributed by atoms with Gasteiger partial charge in [-0.2, -0.15) is 0 Å². The Labute approximate surface area is 173 Å². The molecule has 144 valence electrons. The molecule has 8 heteroatoms. The zero-order chi connectivity index (χ0) is 19.1. The van der Waals surface area contributed by atoms with Crippen LogP contribution in [0.3, 0.4) is 0 Å². The van der Waals surface area contributed by atoms with E-state index < -0.39 is 30.4 Å². The van der Waals surface area contributed by atoms with E-state index in [4.69, 9.17) is 14.4 Å². The minimum atomic E-state index is -1.16. The second kappa shape index (κ2) is 35.5. The van der Waals surface area contributed by atoms with Crippen molar-refractivity contribution in [1.29, 1.82) is 0 Å². The number of rotatable bonds is 8. The maximum atomic E-state index is 9.67. The summed E-state index contributed by atoms with van der Waals surface area (Å²) >= 11 is -1.16. The van der Waals surface area contributed by atoms with Crippen molar-refractivity contribution in [2.75, 3.05) is 20.8 Å². The molecule has 0 aromatic heterocycles. The van der Waals surface area contributed by atoms with Crippen molar-refractivity contribution >= 4 is 27.1 Å². The second-order valence-corrected chi connectivity index (χ2v) is 14.5. The van der Waals surface area contributed by atoms with E-state index in [0.717, 1.165) is 0 Å². The van der Waals surface area contributed by atoms with Crippen LogP contribution in [0.5, 0.6) is 0 Å². The molecule has 0 rings (SSSR count). The van der Waals surface area contributed by atoms with E-state index in [1.54, 1.807) is 6.92 Å². The van der Waals surface area contributed by atoms with Gasteiger partial charge in [-0.1, -0.05) is 13.8 Å². The van der Waals surface area contributed by atoms with E-state index in [2.05, 4.69) is 23.3 Å². The average molecular weight is 527 g/mol. The summed E-state index contributed by atoms with van der Waals surface area (Å²) in [7, 11) is 8.24. The van der Waals surface area contributed by atoms with Gasteiger partial charge < -0.3 is 24.8 Å². The Bertz CT molecular complexity index is 193. The SMILES string of the molecule is CCC[CH2][Sn](=[S])[CH2]CCC.CCO.COC(C)[O-].COC(C)[O-].[Zn+2]. The van der Waals surface area contributed by atoms with Gasteiger partial charge in [-0.15, -0.1) is 0 Å². The van der Waals surface area contributed by atoms with Crippen LogP contribution in [0.1, 0.15) is 60.3 Å². The van der Waals surface area contributed by atoms with Crippen LogP contribution in [0.2, 0.25) is 8.87 Å². The molecule has 0 radical (unpaired) electrons. The van der Waals surface area contributed by atoms with Crippen LogP contribution in [0.15, 0.2) is 0 Å². The standard InChI is InChI=1S/2C4H9.2C3H7O2.C2H6O.S.Sn.Zn/c2*1-3-4-2;2*1-3(4)5-2;1-2-3;;;/h2*1,3-4H2,2H3;2*3H,1-2H3;3H,2H2,1H3;;;/q;;2*-1;;;;+2. The molecule has 2 atom stereocenters. The quantitative estimate of drug-likeness (QED) is 0.387. The van der Waals surface area contributed by atoms with E-state index in [9.17, 15) is 10.2 Å². The number of unbranched alkanes of at least 4 members (excludes halogenated alkanes) is 2. The molecule has 0 bridgehead atoms. The monoisotopic (exact) mass is 526 g/mol. The Morgan fingerprint density at radius 1 is 0.917 bits per heavy atom. The third-order valence-corrected chi connectivity index (χ3v) is 10.2. The molecule has 0 amide bonds.